The molecule has 1 aromatic carbocycles. The van der Waals surface area contributed by atoms with Gasteiger partial charge in [-0.25, -0.2) is 14.2 Å². The van der Waals surface area contributed by atoms with Gasteiger partial charge in [-0.1, -0.05) is 13.8 Å². The Bertz CT molecular complexity index is 743. The van der Waals surface area contributed by atoms with Crippen molar-refractivity contribution in [3.05, 3.63) is 51.7 Å². The Kier molecular flexibility index (Phi) is 7.26. The molecule has 0 N–H and O–H groups in total. The second-order valence-electron chi connectivity index (χ2n) is 6.26. The number of amides is 1. The molecule has 0 aliphatic heterocycles. The lowest BCUT2D eigenvalue weighted by Crippen LogP contribution is -2.32. The van der Waals surface area contributed by atoms with Crippen molar-refractivity contribution >= 4 is 23.2 Å². The Balaban J connectivity index is 2.15. The molecule has 0 radical (unpaired) electrons. The molecule has 0 atom stereocenters. The fourth-order valence-corrected chi connectivity index (χ4v) is 3.07. The maximum absolute atomic E-state index is 13.1. The minimum atomic E-state index is -0.464. The zero-order chi connectivity index (χ0) is 19.1. The van der Waals surface area contributed by atoms with Crippen LogP contribution in [0.25, 0.3) is 0 Å². The normalized spacial score (nSPS) is 10.8. The van der Waals surface area contributed by atoms with Gasteiger partial charge >= 0.3 is 5.97 Å². The van der Waals surface area contributed by atoms with Gasteiger partial charge in [0.1, 0.15) is 10.8 Å². The van der Waals surface area contributed by atoms with Gasteiger partial charge in [0.2, 0.25) is 0 Å². The number of carbonyl (C=O) groups excluding carboxylic acids is 2. The largest absolute Gasteiger partial charge is 0.461 e. The van der Waals surface area contributed by atoms with E-state index in [1.807, 2.05) is 0 Å². The van der Waals surface area contributed by atoms with Crippen LogP contribution in [0.1, 0.15) is 53.0 Å². The molecule has 1 amide bonds. The highest BCUT2D eigenvalue weighted by molar-refractivity contribution is 7.09. The maximum Gasteiger partial charge on any atom is 0.357 e. The summed E-state index contributed by atoms with van der Waals surface area (Å²) in [6, 6.07) is 5.50. The van der Waals surface area contributed by atoms with Crippen molar-refractivity contribution < 1.29 is 18.7 Å². The van der Waals surface area contributed by atoms with Gasteiger partial charge in [-0.3, -0.25) is 4.79 Å². The number of hydrogen-bond donors (Lipinski definition) is 0. The van der Waals surface area contributed by atoms with E-state index < -0.39 is 5.97 Å². The smallest absolute Gasteiger partial charge is 0.357 e. The number of carbonyl (C=O) groups is 2. The van der Waals surface area contributed by atoms with Gasteiger partial charge in [-0.05, 0) is 43.5 Å². The second-order valence-corrected chi connectivity index (χ2v) is 7.21. The molecule has 0 saturated carbocycles. The van der Waals surface area contributed by atoms with E-state index >= 15 is 0 Å². The van der Waals surface area contributed by atoms with Crippen molar-refractivity contribution in [1.82, 2.24) is 9.88 Å². The number of ether oxygens (including phenoxy) is 1. The summed E-state index contributed by atoms with van der Waals surface area (Å²) in [5.41, 5.74) is 0.683. The number of halogens is 1. The van der Waals surface area contributed by atoms with Crippen LogP contribution in [-0.4, -0.2) is 34.9 Å². The summed E-state index contributed by atoms with van der Waals surface area (Å²) in [6.07, 6.45) is 0.836. The number of esters is 1. The number of thiazole rings is 1. The van der Waals surface area contributed by atoms with Gasteiger partial charge in [0.15, 0.2) is 5.69 Å². The third-order valence-electron chi connectivity index (χ3n) is 3.72. The lowest BCUT2D eigenvalue weighted by molar-refractivity contribution is 0.0520. The summed E-state index contributed by atoms with van der Waals surface area (Å²) in [5.74, 6) is -0.591. The van der Waals surface area contributed by atoms with Gasteiger partial charge in [-0.2, -0.15) is 0 Å². The number of aromatic nitrogens is 1. The number of benzene rings is 1. The maximum atomic E-state index is 13.1. The first-order chi connectivity index (χ1) is 12.4. The molecule has 0 aliphatic carbocycles. The van der Waals surface area contributed by atoms with Crippen LogP contribution in [0.5, 0.6) is 0 Å². The topological polar surface area (TPSA) is 59.5 Å². The minimum absolute atomic E-state index is 0.182. The average Bonchev–Trinajstić information content (AvgIpc) is 3.07. The van der Waals surface area contributed by atoms with E-state index in [0.29, 0.717) is 29.6 Å². The summed E-state index contributed by atoms with van der Waals surface area (Å²) < 4.78 is 18.1. The number of hydrogen-bond acceptors (Lipinski definition) is 5. The van der Waals surface area contributed by atoms with E-state index in [1.54, 1.807) is 17.2 Å². The fraction of sp³-hybridized carbons (Fsp3) is 0.421. The molecule has 0 unspecified atom stereocenters. The number of rotatable bonds is 8. The van der Waals surface area contributed by atoms with Crippen molar-refractivity contribution in [3.63, 3.8) is 0 Å². The Morgan fingerprint density at radius 2 is 1.96 bits per heavy atom. The molecule has 2 aromatic rings. The highest BCUT2D eigenvalue weighted by atomic mass is 32.1. The van der Waals surface area contributed by atoms with Crippen LogP contribution in [0.15, 0.2) is 29.6 Å². The van der Waals surface area contributed by atoms with Crippen molar-refractivity contribution in [3.8, 4) is 0 Å². The Morgan fingerprint density at radius 3 is 2.58 bits per heavy atom. The van der Waals surface area contributed by atoms with E-state index in [-0.39, 0.29) is 24.0 Å². The van der Waals surface area contributed by atoms with Crippen molar-refractivity contribution in [2.24, 2.45) is 5.92 Å². The summed E-state index contributed by atoms with van der Waals surface area (Å²) in [6.45, 7) is 7.05. The van der Waals surface area contributed by atoms with Crippen LogP contribution in [0.2, 0.25) is 0 Å². The molecule has 2 rings (SSSR count). The number of nitrogens with zero attached hydrogens (tertiary/aromatic N) is 2. The van der Waals surface area contributed by atoms with Crippen LogP contribution in [0.4, 0.5) is 4.39 Å². The van der Waals surface area contributed by atoms with Crippen LogP contribution in [-0.2, 0) is 11.3 Å². The van der Waals surface area contributed by atoms with Gasteiger partial charge in [0, 0.05) is 17.5 Å². The molecule has 0 spiro atoms. The average molecular weight is 378 g/mol. The Hall–Kier alpha value is -2.28. The molecule has 0 fully saturated rings. The van der Waals surface area contributed by atoms with Crippen LogP contribution < -0.4 is 0 Å². The summed E-state index contributed by atoms with van der Waals surface area (Å²) in [4.78, 5) is 30.5. The zero-order valence-corrected chi connectivity index (χ0v) is 16.0. The summed E-state index contributed by atoms with van der Waals surface area (Å²) >= 11 is 1.32. The second kappa shape index (κ2) is 9.43. The predicted octanol–water partition coefficient (Wildman–Crippen LogP) is 4.15. The molecule has 0 bridgehead atoms. The third kappa shape index (κ3) is 5.62. The van der Waals surface area contributed by atoms with E-state index in [0.717, 1.165) is 6.42 Å². The van der Waals surface area contributed by atoms with Crippen molar-refractivity contribution in [2.75, 3.05) is 13.2 Å². The molecular weight excluding hydrogens is 355 g/mol. The Morgan fingerprint density at radius 1 is 1.27 bits per heavy atom. The quantitative estimate of drug-likeness (QED) is 0.648. The van der Waals surface area contributed by atoms with Crippen LogP contribution in [0.3, 0.4) is 0 Å². The first-order valence-corrected chi connectivity index (χ1v) is 9.45. The van der Waals surface area contributed by atoms with Gasteiger partial charge in [0.25, 0.3) is 5.91 Å². The predicted molar refractivity (Wildman–Crippen MR) is 98.7 cm³/mol. The first-order valence-electron chi connectivity index (χ1n) is 8.57. The third-order valence-corrected chi connectivity index (χ3v) is 4.55. The molecule has 0 aliphatic rings. The zero-order valence-electron chi connectivity index (χ0n) is 15.2. The van der Waals surface area contributed by atoms with E-state index in [2.05, 4.69) is 18.8 Å². The van der Waals surface area contributed by atoms with Gasteiger partial charge in [0.05, 0.1) is 13.2 Å². The molecule has 140 valence electrons. The molecular formula is C19H23FN2O3S. The lowest BCUT2D eigenvalue weighted by atomic mass is 10.1. The lowest BCUT2D eigenvalue weighted by Gasteiger charge is -2.22. The van der Waals surface area contributed by atoms with Crippen LogP contribution in [0, 0.1) is 11.7 Å². The molecule has 5 nitrogen and oxygen atoms in total. The first kappa shape index (κ1) is 20.0. The highest BCUT2D eigenvalue weighted by Crippen LogP contribution is 2.17. The summed E-state index contributed by atoms with van der Waals surface area (Å²) in [5, 5.41) is 2.29. The monoisotopic (exact) mass is 378 g/mol. The van der Waals surface area contributed by atoms with Crippen molar-refractivity contribution in [2.45, 2.75) is 33.7 Å². The summed E-state index contributed by atoms with van der Waals surface area (Å²) in [7, 11) is 0. The SMILES string of the molecule is CCOC(=O)c1csc(CN(CCC(C)C)C(=O)c2ccc(F)cc2)n1. The van der Waals surface area contributed by atoms with Gasteiger partial charge < -0.3 is 9.64 Å². The standard InChI is InChI=1S/C19H23FN2O3S/c1-4-25-19(24)16-12-26-17(21-16)11-22(10-9-13(2)3)18(23)14-5-7-15(20)8-6-14/h5-8,12-13H,4,9-11H2,1-3H3. The van der Waals surface area contributed by atoms with E-state index in [4.69, 9.17) is 4.74 Å². The molecule has 1 heterocycles. The van der Waals surface area contributed by atoms with Crippen molar-refractivity contribution in [1.29, 1.82) is 0 Å². The highest BCUT2D eigenvalue weighted by Gasteiger charge is 2.19. The van der Waals surface area contributed by atoms with Gasteiger partial charge in [-0.15, -0.1) is 11.3 Å². The minimum Gasteiger partial charge on any atom is -0.461 e. The molecule has 26 heavy (non-hydrogen) atoms. The Labute approximate surface area is 156 Å². The molecule has 1 aromatic heterocycles. The van der Waals surface area contributed by atoms with E-state index in [9.17, 15) is 14.0 Å². The molecule has 0 saturated heterocycles. The van der Waals surface area contributed by atoms with E-state index in [1.165, 1.54) is 35.6 Å². The fourth-order valence-electron chi connectivity index (χ4n) is 2.29. The molecule has 7 heteroatoms. The van der Waals surface area contributed by atoms with Crippen LogP contribution >= 0.6 is 11.3 Å².